The number of nitrogens with zero attached hydrogens (tertiary/aromatic N) is 1. The lowest BCUT2D eigenvalue weighted by atomic mass is 10.1. The average Bonchev–Trinajstić information content (AvgIpc) is 3.37. The molecular formula is C22H22N4O5S. The number of rotatable bonds is 5. The van der Waals surface area contributed by atoms with Crippen molar-refractivity contribution < 1.29 is 23.7 Å². The molecule has 0 aliphatic carbocycles. The van der Waals surface area contributed by atoms with Gasteiger partial charge in [-0.25, -0.2) is 4.79 Å². The molecular weight excluding hydrogens is 432 g/mol. The van der Waals surface area contributed by atoms with Crippen LogP contribution in [-0.4, -0.2) is 55.9 Å². The maximum atomic E-state index is 12.3. The molecule has 9 nitrogen and oxygen atoms in total. The van der Waals surface area contributed by atoms with E-state index in [0.29, 0.717) is 34.4 Å². The fraction of sp³-hybridized carbons (Fsp3) is 0.318. The van der Waals surface area contributed by atoms with Gasteiger partial charge in [-0.2, -0.15) is 5.26 Å². The Kier molecular flexibility index (Phi) is 6.70. The average molecular weight is 455 g/mol. The molecule has 0 bridgehead atoms. The maximum absolute atomic E-state index is 12.3. The molecule has 4 rings (SSSR count). The first-order valence-corrected chi connectivity index (χ1v) is 10.4. The van der Waals surface area contributed by atoms with Gasteiger partial charge < -0.3 is 29.6 Å². The zero-order chi connectivity index (χ0) is 22.5. The number of hydrogen-bond donors (Lipinski definition) is 3. The third-order valence-electron chi connectivity index (χ3n) is 5.17. The van der Waals surface area contributed by atoms with E-state index in [1.807, 2.05) is 6.07 Å². The summed E-state index contributed by atoms with van der Waals surface area (Å²) in [4.78, 5) is 12.3. The number of thiocarbonyl (C=S) groups is 1. The van der Waals surface area contributed by atoms with Crippen LogP contribution in [0.3, 0.4) is 0 Å². The van der Waals surface area contributed by atoms with Crippen LogP contribution in [0.4, 0.5) is 16.2 Å². The molecule has 10 heteroatoms. The molecule has 2 aromatic rings. The van der Waals surface area contributed by atoms with Gasteiger partial charge in [0.05, 0.1) is 38.0 Å². The molecule has 2 aromatic carbocycles. The van der Waals surface area contributed by atoms with Gasteiger partial charge in [0.25, 0.3) is 0 Å². The summed E-state index contributed by atoms with van der Waals surface area (Å²) in [5, 5.41) is 18.3. The third kappa shape index (κ3) is 5.08. The molecule has 4 atom stereocenters. The highest BCUT2D eigenvalue weighted by molar-refractivity contribution is 7.80. The predicted octanol–water partition coefficient (Wildman–Crippen LogP) is 2.64. The number of hydrogen-bond acceptors (Lipinski definition) is 7. The van der Waals surface area contributed by atoms with Crippen molar-refractivity contribution in [3.63, 3.8) is 0 Å². The summed E-state index contributed by atoms with van der Waals surface area (Å²) >= 11 is 5.38. The molecule has 0 saturated carbocycles. The van der Waals surface area contributed by atoms with Crippen molar-refractivity contribution in [1.29, 1.82) is 5.26 Å². The monoisotopic (exact) mass is 454 g/mol. The number of anilines is 2. The van der Waals surface area contributed by atoms with E-state index in [1.165, 1.54) is 0 Å². The largest absolute Gasteiger partial charge is 0.497 e. The predicted molar refractivity (Wildman–Crippen MR) is 121 cm³/mol. The first-order valence-electron chi connectivity index (χ1n) is 9.98. The highest BCUT2D eigenvalue weighted by Crippen LogP contribution is 2.29. The second-order valence-electron chi connectivity index (χ2n) is 7.29. The third-order valence-corrected chi connectivity index (χ3v) is 5.39. The Morgan fingerprint density at radius 3 is 2.62 bits per heavy atom. The SMILES string of the molecule is COc1ccc(NC(=O)OC2COC3C(NC(=S)Nc4cccc(C#N)c4)COC23)cc1. The van der Waals surface area contributed by atoms with Crippen LogP contribution in [0.5, 0.6) is 5.75 Å². The molecule has 4 unspecified atom stereocenters. The van der Waals surface area contributed by atoms with Crippen LogP contribution in [0.2, 0.25) is 0 Å². The number of ether oxygens (including phenoxy) is 4. The van der Waals surface area contributed by atoms with Crippen molar-refractivity contribution in [2.45, 2.75) is 24.4 Å². The fourth-order valence-corrected chi connectivity index (χ4v) is 3.92. The van der Waals surface area contributed by atoms with Gasteiger partial charge >= 0.3 is 6.09 Å². The molecule has 3 N–H and O–H groups in total. The van der Waals surface area contributed by atoms with Crippen molar-refractivity contribution in [2.24, 2.45) is 0 Å². The topological polar surface area (TPSA) is 114 Å². The number of benzene rings is 2. The van der Waals surface area contributed by atoms with Gasteiger partial charge in [0.1, 0.15) is 18.0 Å². The van der Waals surface area contributed by atoms with Crippen LogP contribution < -0.4 is 20.7 Å². The molecule has 2 heterocycles. The van der Waals surface area contributed by atoms with Gasteiger partial charge in [0.2, 0.25) is 0 Å². The molecule has 2 fully saturated rings. The van der Waals surface area contributed by atoms with Crippen LogP contribution in [0, 0.1) is 11.3 Å². The Hall–Kier alpha value is -3.39. The lowest BCUT2D eigenvalue weighted by Gasteiger charge is -2.20. The first kappa shape index (κ1) is 21.8. The minimum atomic E-state index is -0.584. The quantitative estimate of drug-likeness (QED) is 0.587. The van der Waals surface area contributed by atoms with E-state index in [9.17, 15) is 4.79 Å². The minimum Gasteiger partial charge on any atom is -0.497 e. The fourth-order valence-electron chi connectivity index (χ4n) is 3.65. The van der Waals surface area contributed by atoms with Gasteiger partial charge in [-0.05, 0) is 54.7 Å². The highest BCUT2D eigenvalue weighted by atomic mass is 32.1. The number of nitrogens with one attached hydrogen (secondary N) is 3. The molecule has 2 aliphatic heterocycles. The molecule has 2 saturated heterocycles. The molecule has 2 aliphatic rings. The van der Waals surface area contributed by atoms with Gasteiger partial charge in [-0.15, -0.1) is 0 Å². The van der Waals surface area contributed by atoms with Crippen molar-refractivity contribution in [3.8, 4) is 11.8 Å². The van der Waals surface area contributed by atoms with E-state index < -0.39 is 12.2 Å². The summed E-state index contributed by atoms with van der Waals surface area (Å²) in [5.74, 6) is 0.694. The smallest absolute Gasteiger partial charge is 0.412 e. The summed E-state index contributed by atoms with van der Waals surface area (Å²) in [7, 11) is 1.58. The summed E-state index contributed by atoms with van der Waals surface area (Å²) in [6.45, 7) is 0.587. The first-order chi connectivity index (χ1) is 15.6. The Bertz CT molecular complexity index is 1030. The summed E-state index contributed by atoms with van der Waals surface area (Å²) in [6.07, 6.45) is -1.81. The number of amides is 1. The van der Waals surface area contributed by atoms with Crippen molar-refractivity contribution in [1.82, 2.24) is 5.32 Å². The van der Waals surface area contributed by atoms with Crippen molar-refractivity contribution >= 4 is 34.8 Å². The lowest BCUT2D eigenvalue weighted by molar-refractivity contribution is 0.00880. The van der Waals surface area contributed by atoms with Gasteiger partial charge in [-0.3, -0.25) is 5.32 Å². The van der Waals surface area contributed by atoms with E-state index >= 15 is 0 Å². The van der Waals surface area contributed by atoms with Crippen LogP contribution in [0.15, 0.2) is 48.5 Å². The van der Waals surface area contributed by atoms with Crippen LogP contribution in [0.25, 0.3) is 0 Å². The minimum absolute atomic E-state index is 0.197. The number of carbonyl (C=O) groups excluding carboxylic acids is 1. The van der Waals surface area contributed by atoms with E-state index in [4.69, 9.17) is 36.4 Å². The number of carbonyl (C=O) groups is 1. The summed E-state index contributed by atoms with van der Waals surface area (Å²) in [5.41, 5.74) is 1.84. The molecule has 166 valence electrons. The van der Waals surface area contributed by atoms with E-state index in [2.05, 4.69) is 22.0 Å². The van der Waals surface area contributed by atoms with Crippen molar-refractivity contribution in [2.75, 3.05) is 31.0 Å². The van der Waals surface area contributed by atoms with E-state index in [1.54, 1.807) is 49.6 Å². The second-order valence-corrected chi connectivity index (χ2v) is 7.70. The molecule has 0 aromatic heterocycles. The molecule has 0 spiro atoms. The Morgan fingerprint density at radius 2 is 1.88 bits per heavy atom. The molecule has 1 amide bonds. The highest BCUT2D eigenvalue weighted by Gasteiger charge is 2.49. The van der Waals surface area contributed by atoms with Gasteiger partial charge in [0.15, 0.2) is 11.2 Å². The lowest BCUT2D eigenvalue weighted by Crippen LogP contribution is -2.46. The zero-order valence-corrected chi connectivity index (χ0v) is 18.1. The number of fused-ring (bicyclic) bond motifs is 1. The number of methoxy groups -OCH3 is 1. The summed E-state index contributed by atoms with van der Waals surface area (Å²) < 4.78 is 22.3. The molecule has 0 radical (unpaired) electrons. The Labute approximate surface area is 190 Å². The zero-order valence-electron chi connectivity index (χ0n) is 17.2. The van der Waals surface area contributed by atoms with Crippen LogP contribution in [-0.2, 0) is 14.2 Å². The summed E-state index contributed by atoms with van der Waals surface area (Å²) in [6, 6.07) is 15.8. The Balaban J connectivity index is 1.27. The Morgan fingerprint density at radius 1 is 1.09 bits per heavy atom. The van der Waals surface area contributed by atoms with Gasteiger partial charge in [0, 0.05) is 11.4 Å². The van der Waals surface area contributed by atoms with Crippen molar-refractivity contribution in [3.05, 3.63) is 54.1 Å². The van der Waals surface area contributed by atoms with Crippen LogP contribution in [0.1, 0.15) is 5.56 Å². The second kappa shape index (κ2) is 9.82. The standard InChI is InChI=1S/C22H22N4O5S/c1-28-16-7-5-14(6-8-16)25-22(27)31-18-12-30-19-17(11-29-20(18)19)26-21(32)24-15-4-2-3-13(9-15)10-23/h2-9,17-20H,11-12H2,1H3,(H,25,27)(H2,24,26,32). The van der Waals surface area contributed by atoms with Crippen LogP contribution >= 0.6 is 12.2 Å². The molecule has 32 heavy (non-hydrogen) atoms. The maximum Gasteiger partial charge on any atom is 0.412 e. The van der Waals surface area contributed by atoms with E-state index in [0.717, 1.165) is 0 Å². The van der Waals surface area contributed by atoms with E-state index in [-0.39, 0.29) is 24.9 Å². The normalized spacial score (nSPS) is 23.5. The number of nitriles is 1. The van der Waals surface area contributed by atoms with Gasteiger partial charge in [-0.1, -0.05) is 6.07 Å².